The predicted octanol–water partition coefficient (Wildman–Crippen LogP) is 16.0. The molecule has 0 radical (unpaired) electrons. The van der Waals surface area contributed by atoms with Crippen LogP contribution in [-0.4, -0.2) is 0 Å². The Balaban J connectivity index is 1.09. The highest BCUT2D eigenvalue weighted by molar-refractivity contribution is 6.15. The molecule has 0 spiro atoms. The van der Waals surface area contributed by atoms with Gasteiger partial charge in [0, 0.05) is 27.7 Å². The van der Waals surface area contributed by atoms with Gasteiger partial charge in [0.25, 0.3) is 0 Å². The minimum Gasteiger partial charge on any atom is -0.453 e. The first kappa shape index (κ1) is 33.6. The summed E-state index contributed by atoms with van der Waals surface area (Å²) in [6, 6.07) is 80.5. The highest BCUT2D eigenvalue weighted by Gasteiger charge is 2.22. The van der Waals surface area contributed by atoms with Crippen molar-refractivity contribution >= 4 is 60.5 Å². The highest BCUT2D eigenvalue weighted by atomic mass is 16.3. The Hall–Kier alpha value is -7.68. The van der Waals surface area contributed by atoms with Crippen molar-refractivity contribution in [2.45, 2.75) is 0 Å². The molecule has 0 fully saturated rings. The molecule has 0 aliphatic heterocycles. The zero-order valence-corrected chi connectivity index (χ0v) is 31.7. The van der Waals surface area contributed by atoms with Gasteiger partial charge in [-0.1, -0.05) is 176 Å². The van der Waals surface area contributed by atoms with E-state index in [1.165, 1.54) is 49.4 Å². The van der Waals surface area contributed by atoms with Crippen LogP contribution >= 0.6 is 0 Å². The fraction of sp³-hybridized carbons (Fsp3) is 0. The van der Waals surface area contributed by atoms with Gasteiger partial charge in [-0.2, -0.15) is 0 Å². The van der Waals surface area contributed by atoms with Gasteiger partial charge < -0.3 is 9.32 Å². The summed E-state index contributed by atoms with van der Waals surface area (Å²) in [5, 5.41) is 7.21. The lowest BCUT2D eigenvalue weighted by molar-refractivity contribution is 0.670. The summed E-state index contributed by atoms with van der Waals surface area (Å²) in [5.74, 6) is 0. The summed E-state index contributed by atoms with van der Waals surface area (Å²) in [4.78, 5) is 2.33. The Morgan fingerprint density at radius 3 is 1.43 bits per heavy atom. The molecule has 1 aromatic heterocycles. The van der Waals surface area contributed by atoms with Crippen LogP contribution in [0.25, 0.3) is 88.0 Å². The van der Waals surface area contributed by atoms with Crippen LogP contribution in [0.15, 0.2) is 229 Å². The Kier molecular flexibility index (Phi) is 8.19. The van der Waals surface area contributed by atoms with Crippen LogP contribution in [0.1, 0.15) is 0 Å². The van der Waals surface area contributed by atoms with Crippen LogP contribution in [0.2, 0.25) is 0 Å². The summed E-state index contributed by atoms with van der Waals surface area (Å²) >= 11 is 0. The van der Waals surface area contributed by atoms with Crippen molar-refractivity contribution in [3.63, 3.8) is 0 Å². The number of benzene rings is 10. The average molecular weight is 740 g/mol. The standard InChI is InChI=1S/C56H37NO/c1-4-13-38(14-5-1)40-27-31-47(32-28-40)57(48-33-29-41(30-34-48)45-26-25-44-24-23-43-19-10-11-20-49(43)51(44)35-45)54-22-12-21-50-53-37-46(39-15-6-2-7-16-39)36-52(55(53)58-56(50)54)42-17-8-3-9-18-42/h1-37H. The molecule has 0 amide bonds. The summed E-state index contributed by atoms with van der Waals surface area (Å²) in [6.07, 6.45) is 0. The fourth-order valence-corrected chi connectivity index (χ4v) is 8.54. The van der Waals surface area contributed by atoms with Crippen LogP contribution in [0, 0.1) is 0 Å². The summed E-state index contributed by atoms with van der Waals surface area (Å²) in [5.41, 5.74) is 14.0. The third-order valence-corrected chi connectivity index (χ3v) is 11.4. The van der Waals surface area contributed by atoms with Crippen molar-refractivity contribution in [3.8, 4) is 44.5 Å². The van der Waals surface area contributed by atoms with E-state index in [0.29, 0.717) is 0 Å². The summed E-state index contributed by atoms with van der Waals surface area (Å²) in [7, 11) is 0. The summed E-state index contributed by atoms with van der Waals surface area (Å²) in [6.45, 7) is 0. The van der Waals surface area contributed by atoms with Crippen molar-refractivity contribution in [2.24, 2.45) is 0 Å². The summed E-state index contributed by atoms with van der Waals surface area (Å²) < 4.78 is 7.10. The second kappa shape index (κ2) is 14.1. The molecule has 0 saturated carbocycles. The van der Waals surface area contributed by atoms with Crippen LogP contribution < -0.4 is 4.90 Å². The maximum Gasteiger partial charge on any atom is 0.159 e. The molecule has 11 aromatic rings. The number of anilines is 3. The number of rotatable bonds is 7. The van der Waals surface area contributed by atoms with E-state index in [0.717, 1.165) is 55.7 Å². The van der Waals surface area contributed by atoms with Crippen LogP contribution in [-0.2, 0) is 0 Å². The predicted molar refractivity (Wildman–Crippen MR) is 245 cm³/mol. The van der Waals surface area contributed by atoms with E-state index in [1.807, 2.05) is 0 Å². The van der Waals surface area contributed by atoms with Gasteiger partial charge in [-0.25, -0.2) is 0 Å². The Morgan fingerprint density at radius 2 is 0.759 bits per heavy atom. The number of para-hydroxylation sites is 1. The number of nitrogens with zero attached hydrogens (tertiary/aromatic N) is 1. The third-order valence-electron chi connectivity index (χ3n) is 11.4. The molecule has 10 aromatic carbocycles. The topological polar surface area (TPSA) is 16.4 Å². The molecule has 11 rings (SSSR count). The Labute approximate surface area is 337 Å². The van der Waals surface area contributed by atoms with E-state index < -0.39 is 0 Å². The minimum absolute atomic E-state index is 0.845. The van der Waals surface area contributed by atoms with Crippen LogP contribution in [0.5, 0.6) is 0 Å². The Bertz CT molecular complexity index is 3240. The second-order valence-electron chi connectivity index (χ2n) is 14.9. The van der Waals surface area contributed by atoms with Crippen molar-refractivity contribution in [1.82, 2.24) is 0 Å². The van der Waals surface area contributed by atoms with Crippen LogP contribution in [0.4, 0.5) is 17.1 Å². The fourth-order valence-electron chi connectivity index (χ4n) is 8.54. The Morgan fingerprint density at radius 1 is 0.276 bits per heavy atom. The molecule has 1 heterocycles. The molecular formula is C56H37NO. The first-order valence-electron chi connectivity index (χ1n) is 19.8. The van der Waals surface area contributed by atoms with Crippen molar-refractivity contribution < 1.29 is 4.42 Å². The van der Waals surface area contributed by atoms with E-state index in [2.05, 4.69) is 229 Å². The third kappa shape index (κ3) is 5.91. The number of furan rings is 1. The van der Waals surface area contributed by atoms with Crippen molar-refractivity contribution in [2.75, 3.05) is 4.90 Å². The van der Waals surface area contributed by atoms with Gasteiger partial charge >= 0.3 is 0 Å². The minimum atomic E-state index is 0.845. The molecular weight excluding hydrogens is 703 g/mol. The first-order chi connectivity index (χ1) is 28.7. The molecule has 58 heavy (non-hydrogen) atoms. The quantitative estimate of drug-likeness (QED) is 0.151. The lowest BCUT2D eigenvalue weighted by Gasteiger charge is -2.26. The molecule has 0 unspecified atom stereocenters. The molecule has 0 saturated heterocycles. The van der Waals surface area contributed by atoms with E-state index >= 15 is 0 Å². The largest absolute Gasteiger partial charge is 0.453 e. The smallest absolute Gasteiger partial charge is 0.159 e. The SMILES string of the molecule is c1ccc(-c2ccc(N(c3ccc(-c4ccc5ccc6ccccc6c5c4)cc3)c3cccc4c3oc3c(-c5ccccc5)cc(-c5ccccc5)cc34)cc2)cc1. The van der Waals surface area contributed by atoms with Gasteiger partial charge in [0.2, 0.25) is 0 Å². The maximum absolute atomic E-state index is 7.10. The van der Waals surface area contributed by atoms with Gasteiger partial charge in [0.15, 0.2) is 5.58 Å². The first-order valence-corrected chi connectivity index (χ1v) is 19.8. The lowest BCUT2D eigenvalue weighted by Crippen LogP contribution is -2.10. The van der Waals surface area contributed by atoms with E-state index in [4.69, 9.17) is 4.42 Å². The van der Waals surface area contributed by atoms with Gasteiger partial charge in [-0.3, -0.25) is 0 Å². The van der Waals surface area contributed by atoms with Gasteiger partial charge in [-0.05, 0) is 109 Å². The zero-order chi connectivity index (χ0) is 38.4. The molecule has 2 heteroatoms. The molecule has 0 N–H and O–H groups in total. The molecule has 0 atom stereocenters. The number of hydrogen-bond donors (Lipinski definition) is 0. The zero-order valence-electron chi connectivity index (χ0n) is 31.7. The van der Waals surface area contributed by atoms with Gasteiger partial charge in [-0.15, -0.1) is 0 Å². The number of hydrogen-bond acceptors (Lipinski definition) is 2. The van der Waals surface area contributed by atoms with E-state index in [1.54, 1.807) is 0 Å². The molecule has 0 bridgehead atoms. The average Bonchev–Trinajstić information content (AvgIpc) is 3.69. The maximum atomic E-state index is 7.10. The molecule has 2 nitrogen and oxygen atoms in total. The second-order valence-corrected chi connectivity index (χ2v) is 14.9. The highest BCUT2D eigenvalue weighted by Crippen LogP contribution is 2.46. The lowest BCUT2D eigenvalue weighted by atomic mass is 9.95. The van der Waals surface area contributed by atoms with Crippen molar-refractivity contribution in [1.29, 1.82) is 0 Å². The van der Waals surface area contributed by atoms with Gasteiger partial charge in [0.05, 0.1) is 5.69 Å². The van der Waals surface area contributed by atoms with Crippen LogP contribution in [0.3, 0.4) is 0 Å². The molecule has 272 valence electrons. The normalized spacial score (nSPS) is 11.4. The number of fused-ring (bicyclic) bond motifs is 6. The van der Waals surface area contributed by atoms with E-state index in [-0.39, 0.29) is 0 Å². The van der Waals surface area contributed by atoms with E-state index in [9.17, 15) is 0 Å². The monoisotopic (exact) mass is 739 g/mol. The molecule has 0 aliphatic carbocycles. The van der Waals surface area contributed by atoms with Crippen molar-refractivity contribution in [3.05, 3.63) is 224 Å². The van der Waals surface area contributed by atoms with Gasteiger partial charge in [0.1, 0.15) is 5.58 Å². The molecule has 0 aliphatic rings.